The molecule has 0 N–H and O–H groups in total. The zero-order chi connectivity index (χ0) is 15.9. The molecule has 6 nitrogen and oxygen atoms in total. The van der Waals surface area contributed by atoms with Crippen molar-refractivity contribution in [3.8, 4) is 0 Å². The van der Waals surface area contributed by atoms with Gasteiger partial charge in [0.15, 0.2) is 5.76 Å². The van der Waals surface area contributed by atoms with Gasteiger partial charge in [0.05, 0.1) is 17.9 Å². The van der Waals surface area contributed by atoms with Gasteiger partial charge < -0.3 is 14.2 Å². The van der Waals surface area contributed by atoms with Crippen LogP contribution in [0.15, 0.2) is 16.5 Å². The number of furan rings is 1. The predicted octanol–water partition coefficient (Wildman–Crippen LogP) is 1.58. The van der Waals surface area contributed by atoms with Crippen molar-refractivity contribution < 1.29 is 9.21 Å². The third kappa shape index (κ3) is 2.66. The number of hydrogen-bond donors (Lipinski definition) is 0. The highest BCUT2D eigenvalue weighted by Gasteiger charge is 2.28. The average Bonchev–Trinajstić information content (AvgIpc) is 3.02. The van der Waals surface area contributed by atoms with Gasteiger partial charge in [-0.2, -0.15) is 5.10 Å². The van der Waals surface area contributed by atoms with E-state index >= 15 is 0 Å². The standard InChI is InChI=1S/C16H22N4O2/c1-11-5-6-15(22-11)16(21)20-8-7-12-13(9-18(2)3)17-19(4)14(12)10-20/h5-6H,7-10H2,1-4H3. The van der Waals surface area contributed by atoms with Gasteiger partial charge >= 0.3 is 0 Å². The lowest BCUT2D eigenvalue weighted by Gasteiger charge is -2.27. The minimum absolute atomic E-state index is 0.0471. The van der Waals surface area contributed by atoms with E-state index in [1.165, 1.54) is 5.56 Å². The van der Waals surface area contributed by atoms with Crippen molar-refractivity contribution >= 4 is 5.91 Å². The number of rotatable bonds is 3. The minimum Gasteiger partial charge on any atom is -0.456 e. The maximum absolute atomic E-state index is 12.5. The van der Waals surface area contributed by atoms with Crippen LogP contribution in [0.5, 0.6) is 0 Å². The van der Waals surface area contributed by atoms with Crippen molar-refractivity contribution in [3.63, 3.8) is 0 Å². The maximum Gasteiger partial charge on any atom is 0.289 e. The van der Waals surface area contributed by atoms with Gasteiger partial charge in [0.2, 0.25) is 0 Å². The van der Waals surface area contributed by atoms with Gasteiger partial charge in [-0.05, 0) is 39.6 Å². The lowest BCUT2D eigenvalue weighted by molar-refractivity contribution is 0.0696. The number of hydrogen-bond acceptors (Lipinski definition) is 4. The van der Waals surface area contributed by atoms with Crippen LogP contribution in [0.1, 0.15) is 33.3 Å². The van der Waals surface area contributed by atoms with E-state index in [0.29, 0.717) is 18.8 Å². The second kappa shape index (κ2) is 5.61. The first-order valence-electron chi connectivity index (χ1n) is 7.49. The molecule has 3 heterocycles. The van der Waals surface area contributed by atoms with Crippen LogP contribution in [0.3, 0.4) is 0 Å². The zero-order valence-electron chi connectivity index (χ0n) is 13.6. The van der Waals surface area contributed by atoms with Crippen LogP contribution in [0.4, 0.5) is 0 Å². The van der Waals surface area contributed by atoms with E-state index in [1.54, 1.807) is 6.07 Å². The SMILES string of the molecule is Cc1ccc(C(=O)N2CCc3c(CN(C)C)nn(C)c3C2)o1. The van der Waals surface area contributed by atoms with E-state index in [1.807, 2.05) is 43.7 Å². The van der Waals surface area contributed by atoms with Crippen molar-refractivity contribution in [1.29, 1.82) is 0 Å². The van der Waals surface area contributed by atoms with Gasteiger partial charge in [-0.3, -0.25) is 9.48 Å². The van der Waals surface area contributed by atoms with Crippen molar-refractivity contribution in [1.82, 2.24) is 19.6 Å². The molecule has 2 aromatic heterocycles. The molecular weight excluding hydrogens is 280 g/mol. The molecule has 0 unspecified atom stereocenters. The Kier molecular flexibility index (Phi) is 3.78. The Morgan fingerprint density at radius 3 is 2.82 bits per heavy atom. The van der Waals surface area contributed by atoms with E-state index in [9.17, 15) is 4.79 Å². The van der Waals surface area contributed by atoms with E-state index in [0.717, 1.165) is 30.1 Å². The Hall–Kier alpha value is -2.08. The number of nitrogens with zero attached hydrogens (tertiary/aromatic N) is 4. The van der Waals surface area contributed by atoms with Crippen LogP contribution in [-0.2, 0) is 26.6 Å². The molecule has 1 aliphatic rings. The average molecular weight is 302 g/mol. The number of aromatic nitrogens is 2. The van der Waals surface area contributed by atoms with Gasteiger partial charge in [0, 0.05) is 25.7 Å². The first-order valence-corrected chi connectivity index (χ1v) is 7.49. The molecule has 0 aliphatic carbocycles. The summed E-state index contributed by atoms with van der Waals surface area (Å²) in [6.07, 6.45) is 0.845. The molecule has 3 rings (SSSR count). The second-order valence-electron chi connectivity index (χ2n) is 6.12. The summed E-state index contributed by atoms with van der Waals surface area (Å²) in [6.45, 7) is 3.97. The molecule has 22 heavy (non-hydrogen) atoms. The summed E-state index contributed by atoms with van der Waals surface area (Å²) in [7, 11) is 6.03. The molecule has 118 valence electrons. The van der Waals surface area contributed by atoms with Crippen molar-refractivity contribution in [2.75, 3.05) is 20.6 Å². The summed E-state index contributed by atoms with van der Waals surface area (Å²) in [5, 5.41) is 4.62. The van der Waals surface area contributed by atoms with Crippen LogP contribution >= 0.6 is 0 Å². The Morgan fingerprint density at radius 1 is 1.41 bits per heavy atom. The first kappa shape index (κ1) is 14.8. The highest BCUT2D eigenvalue weighted by molar-refractivity contribution is 5.91. The molecule has 1 aliphatic heterocycles. The van der Waals surface area contributed by atoms with Crippen molar-refractivity contribution in [2.24, 2.45) is 7.05 Å². The van der Waals surface area contributed by atoms with Gasteiger partial charge in [0.1, 0.15) is 5.76 Å². The largest absolute Gasteiger partial charge is 0.456 e. The second-order valence-corrected chi connectivity index (χ2v) is 6.12. The topological polar surface area (TPSA) is 54.5 Å². The third-order valence-corrected chi connectivity index (χ3v) is 4.03. The lowest BCUT2D eigenvalue weighted by atomic mass is 10.0. The number of aryl methyl sites for hydroxylation is 2. The summed E-state index contributed by atoms with van der Waals surface area (Å²) in [6, 6.07) is 3.57. The molecule has 0 bridgehead atoms. The smallest absolute Gasteiger partial charge is 0.289 e. The molecule has 2 aromatic rings. The monoisotopic (exact) mass is 302 g/mol. The van der Waals surface area contributed by atoms with Crippen molar-refractivity contribution in [2.45, 2.75) is 26.4 Å². The first-order chi connectivity index (χ1) is 10.5. The normalized spacial score (nSPS) is 14.5. The fourth-order valence-electron chi connectivity index (χ4n) is 2.96. The number of carbonyl (C=O) groups is 1. The third-order valence-electron chi connectivity index (χ3n) is 4.03. The molecule has 0 aromatic carbocycles. The molecule has 0 saturated carbocycles. The van der Waals surface area contributed by atoms with E-state index < -0.39 is 0 Å². The zero-order valence-corrected chi connectivity index (χ0v) is 13.6. The minimum atomic E-state index is -0.0471. The molecule has 0 radical (unpaired) electrons. The summed E-state index contributed by atoms with van der Waals surface area (Å²) < 4.78 is 7.36. The quantitative estimate of drug-likeness (QED) is 0.864. The maximum atomic E-state index is 12.5. The highest BCUT2D eigenvalue weighted by atomic mass is 16.3. The van der Waals surface area contributed by atoms with E-state index in [2.05, 4.69) is 10.00 Å². The molecule has 0 fully saturated rings. The van der Waals surface area contributed by atoms with E-state index in [-0.39, 0.29) is 5.91 Å². The fraction of sp³-hybridized carbons (Fsp3) is 0.500. The van der Waals surface area contributed by atoms with Crippen molar-refractivity contribution in [3.05, 3.63) is 40.6 Å². The molecule has 0 saturated heterocycles. The van der Waals surface area contributed by atoms with Crippen LogP contribution < -0.4 is 0 Å². The van der Waals surface area contributed by atoms with Crippen LogP contribution in [0, 0.1) is 6.92 Å². The number of amides is 1. The number of fused-ring (bicyclic) bond motifs is 1. The molecule has 0 spiro atoms. The summed E-state index contributed by atoms with van der Waals surface area (Å²) in [5.41, 5.74) is 3.53. The van der Waals surface area contributed by atoms with Crippen LogP contribution in [-0.4, -0.2) is 46.1 Å². The van der Waals surface area contributed by atoms with E-state index in [4.69, 9.17) is 4.42 Å². The summed E-state index contributed by atoms with van der Waals surface area (Å²) in [5.74, 6) is 1.13. The highest BCUT2D eigenvalue weighted by Crippen LogP contribution is 2.24. The lowest BCUT2D eigenvalue weighted by Crippen LogP contribution is -2.36. The molecule has 6 heteroatoms. The molecular formula is C16H22N4O2. The molecule has 0 atom stereocenters. The van der Waals surface area contributed by atoms with Gasteiger partial charge in [0.25, 0.3) is 5.91 Å². The fourth-order valence-corrected chi connectivity index (χ4v) is 2.96. The Balaban J connectivity index is 1.82. The van der Waals surface area contributed by atoms with Gasteiger partial charge in [-0.1, -0.05) is 0 Å². The van der Waals surface area contributed by atoms with Crippen LogP contribution in [0.2, 0.25) is 0 Å². The number of carbonyl (C=O) groups excluding carboxylic acids is 1. The Morgan fingerprint density at radius 2 is 2.18 bits per heavy atom. The molecule has 1 amide bonds. The van der Waals surface area contributed by atoms with Crippen LogP contribution in [0.25, 0.3) is 0 Å². The Labute approximate surface area is 130 Å². The summed E-state index contributed by atoms with van der Waals surface area (Å²) >= 11 is 0. The van der Waals surface area contributed by atoms with Gasteiger partial charge in [-0.25, -0.2) is 0 Å². The Bertz CT molecular complexity index is 699. The van der Waals surface area contributed by atoms with Gasteiger partial charge in [-0.15, -0.1) is 0 Å². The summed E-state index contributed by atoms with van der Waals surface area (Å²) in [4.78, 5) is 16.5. The predicted molar refractivity (Wildman–Crippen MR) is 82.5 cm³/mol.